The van der Waals surface area contributed by atoms with Crippen LogP contribution in [0.3, 0.4) is 0 Å². The van der Waals surface area contributed by atoms with Gasteiger partial charge in [-0.25, -0.2) is 0 Å². The maximum Gasteiger partial charge on any atom is 0.251 e. The summed E-state index contributed by atoms with van der Waals surface area (Å²) in [6.45, 7) is 4.44. The Morgan fingerprint density at radius 3 is 2.54 bits per heavy atom. The van der Waals surface area contributed by atoms with Crippen LogP contribution in [0.1, 0.15) is 18.4 Å². The monoisotopic (exact) mass is 331 g/mol. The number of hydrogen-bond acceptors (Lipinski definition) is 4. The molecule has 6 nitrogen and oxygen atoms in total. The minimum atomic E-state index is -0.245. The van der Waals surface area contributed by atoms with Gasteiger partial charge in [0.15, 0.2) is 0 Å². The van der Waals surface area contributed by atoms with Crippen molar-refractivity contribution in [3.05, 3.63) is 35.9 Å². The van der Waals surface area contributed by atoms with Crippen molar-refractivity contribution in [3.63, 3.8) is 0 Å². The Kier molecular flexibility index (Phi) is 5.82. The van der Waals surface area contributed by atoms with Crippen molar-refractivity contribution in [1.82, 2.24) is 15.1 Å². The third-order valence-corrected chi connectivity index (χ3v) is 4.59. The van der Waals surface area contributed by atoms with Crippen molar-refractivity contribution in [2.45, 2.75) is 25.5 Å². The fraction of sp³-hybridized carbons (Fsp3) is 0.556. The molecule has 0 aromatic heterocycles. The third kappa shape index (κ3) is 4.55. The van der Waals surface area contributed by atoms with Crippen LogP contribution in [0.4, 0.5) is 0 Å². The molecule has 2 amide bonds. The van der Waals surface area contributed by atoms with Crippen molar-refractivity contribution in [2.75, 3.05) is 39.3 Å². The van der Waals surface area contributed by atoms with Crippen molar-refractivity contribution in [2.24, 2.45) is 0 Å². The van der Waals surface area contributed by atoms with E-state index in [-0.39, 0.29) is 17.9 Å². The Balaban J connectivity index is 1.37. The number of rotatable bonds is 5. The van der Waals surface area contributed by atoms with Gasteiger partial charge in [-0.15, -0.1) is 0 Å². The van der Waals surface area contributed by atoms with Gasteiger partial charge in [0, 0.05) is 39.3 Å². The molecule has 6 heteroatoms. The van der Waals surface area contributed by atoms with Gasteiger partial charge in [0.2, 0.25) is 5.91 Å². The van der Waals surface area contributed by atoms with Gasteiger partial charge in [-0.3, -0.25) is 14.5 Å². The highest BCUT2D eigenvalue weighted by Gasteiger charge is 2.30. The summed E-state index contributed by atoms with van der Waals surface area (Å²) in [6, 6.07) is 9.88. The standard InChI is InChI=1S/C18H25N3O3/c22-17(19-13-15-5-2-1-3-6-15)14-20-8-10-21(11-9-20)18(23)16-7-4-12-24-16/h1-3,5-6,16H,4,7-14H2,(H,19,22). The van der Waals surface area contributed by atoms with Gasteiger partial charge in [0.25, 0.3) is 5.91 Å². The molecule has 1 aromatic carbocycles. The molecule has 0 saturated carbocycles. The summed E-state index contributed by atoms with van der Waals surface area (Å²) in [5.74, 6) is 0.137. The molecule has 1 atom stereocenters. The van der Waals surface area contributed by atoms with Crippen molar-refractivity contribution in [3.8, 4) is 0 Å². The molecular weight excluding hydrogens is 306 g/mol. The Labute approximate surface area is 142 Å². The van der Waals surface area contributed by atoms with E-state index in [0.29, 0.717) is 32.8 Å². The first-order chi connectivity index (χ1) is 11.7. The first kappa shape index (κ1) is 16.9. The van der Waals surface area contributed by atoms with Crippen LogP contribution in [-0.4, -0.2) is 67.0 Å². The Morgan fingerprint density at radius 1 is 1.12 bits per heavy atom. The van der Waals surface area contributed by atoms with E-state index in [0.717, 1.165) is 31.5 Å². The molecule has 0 aliphatic carbocycles. The molecule has 0 bridgehead atoms. The lowest BCUT2D eigenvalue weighted by atomic mass is 10.2. The number of nitrogens with zero attached hydrogens (tertiary/aromatic N) is 2. The molecule has 24 heavy (non-hydrogen) atoms. The van der Waals surface area contributed by atoms with Gasteiger partial charge >= 0.3 is 0 Å². The van der Waals surface area contributed by atoms with Crippen LogP contribution in [0, 0.1) is 0 Å². The Morgan fingerprint density at radius 2 is 1.88 bits per heavy atom. The fourth-order valence-electron chi connectivity index (χ4n) is 3.16. The molecule has 3 rings (SSSR count). The largest absolute Gasteiger partial charge is 0.368 e. The minimum absolute atomic E-state index is 0.0257. The Hall–Kier alpha value is -1.92. The molecule has 2 aliphatic heterocycles. The lowest BCUT2D eigenvalue weighted by molar-refractivity contribution is -0.142. The second kappa shape index (κ2) is 8.26. The number of benzene rings is 1. The van der Waals surface area contributed by atoms with Crippen molar-refractivity contribution in [1.29, 1.82) is 0 Å². The molecule has 130 valence electrons. The SMILES string of the molecule is O=C(CN1CCN(C(=O)C2CCCO2)CC1)NCc1ccccc1. The van der Waals surface area contributed by atoms with Crippen molar-refractivity contribution >= 4 is 11.8 Å². The summed E-state index contributed by atoms with van der Waals surface area (Å²) in [4.78, 5) is 28.3. The summed E-state index contributed by atoms with van der Waals surface area (Å²) < 4.78 is 5.46. The molecule has 2 fully saturated rings. The van der Waals surface area contributed by atoms with Gasteiger partial charge in [-0.2, -0.15) is 0 Å². The molecule has 2 saturated heterocycles. The predicted molar refractivity (Wildman–Crippen MR) is 90.3 cm³/mol. The molecule has 2 heterocycles. The van der Waals surface area contributed by atoms with Gasteiger partial charge in [0.1, 0.15) is 6.10 Å². The highest BCUT2D eigenvalue weighted by Crippen LogP contribution is 2.15. The highest BCUT2D eigenvalue weighted by molar-refractivity contribution is 5.81. The molecule has 1 unspecified atom stereocenters. The lowest BCUT2D eigenvalue weighted by Crippen LogP contribution is -2.53. The number of amides is 2. The zero-order valence-electron chi connectivity index (χ0n) is 13.9. The number of nitrogens with one attached hydrogen (secondary N) is 1. The average molecular weight is 331 g/mol. The first-order valence-electron chi connectivity index (χ1n) is 8.66. The highest BCUT2D eigenvalue weighted by atomic mass is 16.5. The van der Waals surface area contributed by atoms with Crippen molar-refractivity contribution < 1.29 is 14.3 Å². The van der Waals surface area contributed by atoms with E-state index < -0.39 is 0 Å². The number of carbonyl (C=O) groups excluding carboxylic acids is 2. The maximum atomic E-state index is 12.3. The van der Waals surface area contributed by atoms with Gasteiger partial charge in [-0.05, 0) is 18.4 Å². The summed E-state index contributed by atoms with van der Waals surface area (Å²) in [5, 5.41) is 2.94. The van der Waals surface area contributed by atoms with E-state index in [9.17, 15) is 9.59 Å². The molecule has 0 spiro atoms. The van der Waals surface area contributed by atoms with E-state index in [2.05, 4.69) is 10.2 Å². The van der Waals surface area contributed by atoms with E-state index >= 15 is 0 Å². The topological polar surface area (TPSA) is 61.9 Å². The van der Waals surface area contributed by atoms with Gasteiger partial charge in [-0.1, -0.05) is 30.3 Å². The fourth-order valence-corrected chi connectivity index (χ4v) is 3.16. The number of ether oxygens (including phenoxy) is 1. The van der Waals surface area contributed by atoms with Crippen LogP contribution in [0.25, 0.3) is 0 Å². The van der Waals surface area contributed by atoms with Gasteiger partial charge < -0.3 is 15.0 Å². The van der Waals surface area contributed by atoms with Crippen LogP contribution in [0.2, 0.25) is 0 Å². The average Bonchev–Trinajstić information content (AvgIpc) is 3.16. The third-order valence-electron chi connectivity index (χ3n) is 4.59. The Bertz CT molecular complexity index is 550. The molecule has 1 aromatic rings. The number of piperazine rings is 1. The number of carbonyl (C=O) groups is 2. The zero-order chi connectivity index (χ0) is 16.8. The molecule has 2 aliphatic rings. The molecular formula is C18H25N3O3. The molecule has 0 radical (unpaired) electrons. The van der Waals surface area contributed by atoms with Crippen LogP contribution >= 0.6 is 0 Å². The first-order valence-corrected chi connectivity index (χ1v) is 8.66. The summed E-state index contributed by atoms with van der Waals surface area (Å²) in [6.07, 6.45) is 1.56. The second-order valence-electron chi connectivity index (χ2n) is 6.37. The van der Waals surface area contributed by atoms with E-state index in [4.69, 9.17) is 4.74 Å². The van der Waals surface area contributed by atoms with E-state index in [1.165, 1.54) is 0 Å². The van der Waals surface area contributed by atoms with E-state index in [1.807, 2.05) is 35.2 Å². The van der Waals surface area contributed by atoms with Crippen LogP contribution in [-0.2, 0) is 20.9 Å². The normalized spacial score (nSPS) is 21.7. The van der Waals surface area contributed by atoms with Crippen LogP contribution < -0.4 is 5.32 Å². The summed E-state index contributed by atoms with van der Waals surface area (Å²) in [7, 11) is 0. The van der Waals surface area contributed by atoms with Crippen LogP contribution in [0.15, 0.2) is 30.3 Å². The smallest absolute Gasteiger partial charge is 0.251 e. The summed E-state index contributed by atoms with van der Waals surface area (Å²) >= 11 is 0. The zero-order valence-corrected chi connectivity index (χ0v) is 13.9. The minimum Gasteiger partial charge on any atom is -0.368 e. The quantitative estimate of drug-likeness (QED) is 0.859. The molecule has 1 N–H and O–H groups in total. The summed E-state index contributed by atoms with van der Waals surface area (Å²) in [5.41, 5.74) is 1.10. The maximum absolute atomic E-state index is 12.3. The number of hydrogen-bond donors (Lipinski definition) is 1. The van der Waals surface area contributed by atoms with E-state index in [1.54, 1.807) is 0 Å². The van der Waals surface area contributed by atoms with Gasteiger partial charge in [0.05, 0.1) is 6.54 Å². The van der Waals surface area contributed by atoms with Crippen LogP contribution in [0.5, 0.6) is 0 Å². The second-order valence-corrected chi connectivity index (χ2v) is 6.37. The lowest BCUT2D eigenvalue weighted by Gasteiger charge is -2.35. The predicted octanol–water partition coefficient (Wildman–Crippen LogP) is 0.626.